The Balaban J connectivity index is 2.54. The van der Waals surface area contributed by atoms with Crippen LogP contribution in [0.25, 0.3) is 0 Å². The van der Waals surface area contributed by atoms with Gasteiger partial charge in [-0.15, -0.1) is 0 Å². The van der Waals surface area contributed by atoms with Crippen LogP contribution >= 0.6 is 0 Å². The number of methoxy groups -OCH3 is 1. The fourth-order valence-corrected chi connectivity index (χ4v) is 1.77. The number of fused-ring (bicyclic) bond motifs is 1. The first-order valence-corrected chi connectivity index (χ1v) is 4.68. The van der Waals surface area contributed by atoms with Crippen molar-refractivity contribution in [2.24, 2.45) is 0 Å². The SMILES string of the molecule is COc1cc2c(cc1C(C)=O)CCN2. The van der Waals surface area contributed by atoms with Crippen LogP contribution in [0.15, 0.2) is 12.1 Å². The van der Waals surface area contributed by atoms with E-state index in [0.29, 0.717) is 11.3 Å². The molecular weight excluding hydrogens is 178 g/mol. The molecule has 1 aliphatic rings. The molecule has 0 radical (unpaired) electrons. The summed E-state index contributed by atoms with van der Waals surface area (Å²) in [6, 6.07) is 3.83. The molecule has 0 saturated carbocycles. The Morgan fingerprint density at radius 2 is 2.29 bits per heavy atom. The van der Waals surface area contributed by atoms with Crippen molar-refractivity contribution in [3.05, 3.63) is 23.3 Å². The summed E-state index contributed by atoms with van der Waals surface area (Å²) in [6.45, 7) is 2.51. The molecular formula is C11H13NO2. The van der Waals surface area contributed by atoms with Crippen LogP contribution < -0.4 is 10.1 Å². The van der Waals surface area contributed by atoms with Crippen molar-refractivity contribution in [2.75, 3.05) is 19.0 Å². The van der Waals surface area contributed by atoms with E-state index in [0.717, 1.165) is 18.7 Å². The number of hydrogen-bond donors (Lipinski definition) is 1. The molecule has 74 valence electrons. The van der Waals surface area contributed by atoms with Crippen molar-refractivity contribution >= 4 is 11.5 Å². The highest BCUT2D eigenvalue weighted by molar-refractivity contribution is 5.97. The number of Topliss-reactive ketones (excluding diaryl/α,β-unsaturated/α-hetero) is 1. The third-order valence-corrected chi connectivity index (χ3v) is 2.51. The van der Waals surface area contributed by atoms with Crippen molar-refractivity contribution in [1.82, 2.24) is 0 Å². The highest BCUT2D eigenvalue weighted by Gasteiger charge is 2.16. The summed E-state index contributed by atoms with van der Waals surface area (Å²) in [4.78, 5) is 11.3. The quantitative estimate of drug-likeness (QED) is 0.725. The monoisotopic (exact) mass is 191 g/mol. The topological polar surface area (TPSA) is 38.3 Å². The second kappa shape index (κ2) is 3.33. The molecule has 0 atom stereocenters. The van der Waals surface area contributed by atoms with Crippen LogP contribution in [0.3, 0.4) is 0 Å². The standard InChI is InChI=1S/C11H13NO2/c1-7(13)9-5-8-3-4-12-10(8)6-11(9)14-2/h5-6,12H,3-4H2,1-2H3. The van der Waals surface area contributed by atoms with E-state index in [1.165, 1.54) is 5.56 Å². The zero-order valence-corrected chi connectivity index (χ0v) is 8.39. The highest BCUT2D eigenvalue weighted by atomic mass is 16.5. The van der Waals surface area contributed by atoms with E-state index in [-0.39, 0.29) is 5.78 Å². The summed E-state index contributed by atoms with van der Waals surface area (Å²) >= 11 is 0. The van der Waals surface area contributed by atoms with Crippen LogP contribution in [-0.4, -0.2) is 19.4 Å². The minimum absolute atomic E-state index is 0.0524. The molecule has 0 aromatic heterocycles. The van der Waals surface area contributed by atoms with E-state index in [1.807, 2.05) is 12.1 Å². The minimum atomic E-state index is 0.0524. The number of anilines is 1. The predicted octanol–water partition coefficient (Wildman–Crippen LogP) is 1.87. The van der Waals surface area contributed by atoms with E-state index < -0.39 is 0 Å². The molecule has 2 rings (SSSR count). The lowest BCUT2D eigenvalue weighted by molar-refractivity contribution is 0.101. The Morgan fingerprint density at radius 1 is 1.50 bits per heavy atom. The van der Waals surface area contributed by atoms with Gasteiger partial charge in [0.25, 0.3) is 0 Å². The molecule has 1 aromatic carbocycles. The van der Waals surface area contributed by atoms with Gasteiger partial charge >= 0.3 is 0 Å². The lowest BCUT2D eigenvalue weighted by Crippen LogP contribution is -1.99. The first-order valence-electron chi connectivity index (χ1n) is 4.68. The van der Waals surface area contributed by atoms with Crippen LogP contribution in [0.5, 0.6) is 5.75 Å². The number of ether oxygens (including phenoxy) is 1. The number of ketones is 1. The minimum Gasteiger partial charge on any atom is -0.496 e. The Labute approximate surface area is 83.1 Å². The van der Waals surface area contributed by atoms with Gasteiger partial charge < -0.3 is 10.1 Å². The third kappa shape index (κ3) is 1.35. The van der Waals surface area contributed by atoms with Crippen LogP contribution in [0, 0.1) is 0 Å². The van der Waals surface area contributed by atoms with E-state index in [4.69, 9.17) is 4.74 Å². The van der Waals surface area contributed by atoms with Crippen LogP contribution in [-0.2, 0) is 6.42 Å². The van der Waals surface area contributed by atoms with E-state index in [9.17, 15) is 4.79 Å². The van der Waals surface area contributed by atoms with E-state index in [2.05, 4.69) is 5.32 Å². The zero-order chi connectivity index (χ0) is 10.1. The van der Waals surface area contributed by atoms with Crippen LogP contribution in [0.2, 0.25) is 0 Å². The summed E-state index contributed by atoms with van der Waals surface area (Å²) in [5, 5.41) is 3.25. The molecule has 0 unspecified atom stereocenters. The van der Waals surface area contributed by atoms with Gasteiger partial charge in [-0.3, -0.25) is 4.79 Å². The normalized spacial score (nSPS) is 13.3. The molecule has 0 spiro atoms. The first-order chi connectivity index (χ1) is 6.72. The summed E-state index contributed by atoms with van der Waals surface area (Å²) in [5.74, 6) is 0.710. The molecule has 1 aliphatic heterocycles. The Hall–Kier alpha value is -1.51. The van der Waals surface area contributed by atoms with Gasteiger partial charge in [0.2, 0.25) is 0 Å². The number of rotatable bonds is 2. The van der Waals surface area contributed by atoms with Crippen LogP contribution in [0.4, 0.5) is 5.69 Å². The van der Waals surface area contributed by atoms with Crippen molar-refractivity contribution in [3.63, 3.8) is 0 Å². The summed E-state index contributed by atoms with van der Waals surface area (Å²) in [7, 11) is 1.59. The molecule has 0 aliphatic carbocycles. The van der Waals surface area contributed by atoms with Gasteiger partial charge in [0.1, 0.15) is 5.75 Å². The van der Waals surface area contributed by atoms with Crippen molar-refractivity contribution < 1.29 is 9.53 Å². The average Bonchev–Trinajstić information content (AvgIpc) is 2.62. The van der Waals surface area contributed by atoms with Gasteiger partial charge in [-0.25, -0.2) is 0 Å². The largest absolute Gasteiger partial charge is 0.496 e. The molecule has 0 amide bonds. The summed E-state index contributed by atoms with van der Waals surface area (Å²) in [5.41, 5.74) is 2.97. The number of benzene rings is 1. The number of carbonyl (C=O) groups excluding carboxylic acids is 1. The highest BCUT2D eigenvalue weighted by Crippen LogP contribution is 2.30. The Bertz CT molecular complexity index is 385. The Kier molecular flexibility index (Phi) is 2.15. The first kappa shape index (κ1) is 9.06. The summed E-state index contributed by atoms with van der Waals surface area (Å²) < 4.78 is 5.17. The molecule has 3 heteroatoms. The average molecular weight is 191 g/mol. The maximum atomic E-state index is 11.3. The van der Waals surface area contributed by atoms with Crippen molar-refractivity contribution in [1.29, 1.82) is 0 Å². The molecule has 3 nitrogen and oxygen atoms in total. The van der Waals surface area contributed by atoms with Crippen molar-refractivity contribution in [3.8, 4) is 5.75 Å². The Morgan fingerprint density at radius 3 is 2.93 bits per heavy atom. The lowest BCUT2D eigenvalue weighted by atomic mass is 10.0. The molecule has 0 fully saturated rings. The van der Waals surface area contributed by atoms with E-state index >= 15 is 0 Å². The lowest BCUT2D eigenvalue weighted by Gasteiger charge is -2.08. The smallest absolute Gasteiger partial charge is 0.163 e. The maximum Gasteiger partial charge on any atom is 0.163 e. The molecule has 0 bridgehead atoms. The predicted molar refractivity (Wildman–Crippen MR) is 55.2 cm³/mol. The molecule has 0 saturated heterocycles. The van der Waals surface area contributed by atoms with Gasteiger partial charge in [-0.05, 0) is 25.0 Å². The number of hydrogen-bond acceptors (Lipinski definition) is 3. The molecule has 1 aromatic rings. The molecule has 14 heavy (non-hydrogen) atoms. The van der Waals surface area contributed by atoms with Gasteiger partial charge in [0, 0.05) is 18.3 Å². The van der Waals surface area contributed by atoms with Gasteiger partial charge in [-0.2, -0.15) is 0 Å². The summed E-state index contributed by atoms with van der Waals surface area (Å²) in [6.07, 6.45) is 0.986. The molecule has 1 heterocycles. The fourth-order valence-electron chi connectivity index (χ4n) is 1.77. The number of nitrogens with one attached hydrogen (secondary N) is 1. The maximum absolute atomic E-state index is 11.3. The van der Waals surface area contributed by atoms with Crippen LogP contribution in [0.1, 0.15) is 22.8 Å². The zero-order valence-electron chi connectivity index (χ0n) is 8.39. The van der Waals surface area contributed by atoms with Gasteiger partial charge in [0.15, 0.2) is 5.78 Å². The van der Waals surface area contributed by atoms with E-state index in [1.54, 1.807) is 14.0 Å². The van der Waals surface area contributed by atoms with Gasteiger partial charge in [0.05, 0.1) is 12.7 Å². The second-order valence-electron chi connectivity index (χ2n) is 3.44. The second-order valence-corrected chi connectivity index (χ2v) is 3.44. The molecule has 1 N–H and O–H groups in total. The van der Waals surface area contributed by atoms with Gasteiger partial charge in [-0.1, -0.05) is 0 Å². The third-order valence-electron chi connectivity index (χ3n) is 2.51. The number of carbonyl (C=O) groups is 1. The van der Waals surface area contributed by atoms with Crippen molar-refractivity contribution in [2.45, 2.75) is 13.3 Å². The fraction of sp³-hybridized carbons (Fsp3) is 0.364.